The van der Waals surface area contributed by atoms with E-state index in [1.807, 2.05) is 12.3 Å². The molecular weight excluding hydrogens is 348 g/mol. The summed E-state index contributed by atoms with van der Waals surface area (Å²) in [6, 6.07) is 14.9. The average Bonchev–Trinajstić information content (AvgIpc) is 3.25. The van der Waals surface area contributed by atoms with Gasteiger partial charge in [-0.1, -0.05) is 36.4 Å². The Morgan fingerprint density at radius 2 is 1.86 bits per heavy atom. The van der Waals surface area contributed by atoms with E-state index >= 15 is 0 Å². The van der Waals surface area contributed by atoms with Crippen molar-refractivity contribution in [2.24, 2.45) is 0 Å². The molecule has 0 saturated carbocycles. The number of piperazine rings is 1. The van der Waals surface area contributed by atoms with Crippen molar-refractivity contribution in [1.82, 2.24) is 20.1 Å². The second-order valence-corrected chi connectivity index (χ2v) is 7.89. The summed E-state index contributed by atoms with van der Waals surface area (Å²) in [6.07, 6.45) is 7.91. The van der Waals surface area contributed by atoms with Crippen LogP contribution in [0.3, 0.4) is 0 Å². The molecule has 1 amide bonds. The minimum atomic E-state index is -0.0464. The van der Waals surface area contributed by atoms with Gasteiger partial charge in [0.05, 0.1) is 6.04 Å². The summed E-state index contributed by atoms with van der Waals surface area (Å²) in [6.45, 7) is 4.78. The van der Waals surface area contributed by atoms with Gasteiger partial charge in [0.2, 0.25) is 5.91 Å². The van der Waals surface area contributed by atoms with Crippen molar-refractivity contribution < 1.29 is 4.79 Å². The number of benzene rings is 1. The van der Waals surface area contributed by atoms with Crippen LogP contribution in [0.1, 0.15) is 36.4 Å². The molecular formula is C23H30N4O. The maximum Gasteiger partial charge on any atom is 0.239 e. The first-order valence-corrected chi connectivity index (χ1v) is 10.5. The normalized spacial score (nSPS) is 23.1. The summed E-state index contributed by atoms with van der Waals surface area (Å²) in [7, 11) is 0. The van der Waals surface area contributed by atoms with Crippen molar-refractivity contribution in [2.45, 2.75) is 37.8 Å². The number of pyridine rings is 1. The molecule has 1 N–H and O–H groups in total. The third-order valence-electron chi connectivity index (χ3n) is 6.00. The smallest absolute Gasteiger partial charge is 0.239 e. The summed E-state index contributed by atoms with van der Waals surface area (Å²) in [5.41, 5.74) is 2.59. The lowest BCUT2D eigenvalue weighted by Gasteiger charge is -2.36. The Balaban J connectivity index is 1.19. The van der Waals surface area contributed by atoms with Crippen LogP contribution in [-0.2, 0) is 11.2 Å². The molecule has 0 unspecified atom stereocenters. The molecule has 1 aromatic carbocycles. The van der Waals surface area contributed by atoms with Crippen LogP contribution < -0.4 is 5.32 Å². The van der Waals surface area contributed by atoms with Gasteiger partial charge in [-0.25, -0.2) is 0 Å². The molecule has 0 spiro atoms. The lowest BCUT2D eigenvalue weighted by Crippen LogP contribution is -2.53. The number of hydrogen-bond donors (Lipinski definition) is 1. The third kappa shape index (κ3) is 4.78. The Kier molecular flexibility index (Phi) is 6.34. The van der Waals surface area contributed by atoms with Gasteiger partial charge in [0.1, 0.15) is 0 Å². The molecule has 1 aromatic heterocycles. The molecule has 2 fully saturated rings. The maximum atomic E-state index is 12.9. The molecule has 2 aliphatic rings. The molecule has 2 saturated heterocycles. The number of rotatable bonds is 6. The van der Waals surface area contributed by atoms with Gasteiger partial charge in [-0.3, -0.25) is 20.0 Å². The van der Waals surface area contributed by atoms with Crippen molar-refractivity contribution in [2.75, 3.05) is 32.7 Å². The molecule has 0 aliphatic carbocycles. The Hall–Kier alpha value is -2.24. The first-order valence-electron chi connectivity index (χ1n) is 10.5. The van der Waals surface area contributed by atoms with E-state index in [1.165, 1.54) is 17.5 Å². The Morgan fingerprint density at radius 3 is 2.61 bits per heavy atom. The highest BCUT2D eigenvalue weighted by atomic mass is 16.2. The van der Waals surface area contributed by atoms with Crippen LogP contribution >= 0.6 is 0 Å². The maximum absolute atomic E-state index is 12.9. The third-order valence-corrected chi connectivity index (χ3v) is 6.00. The second kappa shape index (κ2) is 9.30. The van der Waals surface area contributed by atoms with Gasteiger partial charge in [0, 0.05) is 44.6 Å². The quantitative estimate of drug-likeness (QED) is 0.840. The SMILES string of the molecule is O=C([C@@H]1CC[C@H](c2cccnc2)N1)N1CCN(CCCc2ccccc2)CC1. The molecule has 4 rings (SSSR count). The number of nitrogens with zero attached hydrogens (tertiary/aromatic N) is 3. The molecule has 2 atom stereocenters. The minimum absolute atomic E-state index is 0.0464. The zero-order valence-corrected chi connectivity index (χ0v) is 16.5. The fourth-order valence-corrected chi connectivity index (χ4v) is 4.35. The van der Waals surface area contributed by atoms with Crippen LogP contribution in [-0.4, -0.2) is 59.5 Å². The first-order chi connectivity index (χ1) is 13.8. The van der Waals surface area contributed by atoms with Gasteiger partial charge in [0.15, 0.2) is 0 Å². The van der Waals surface area contributed by atoms with Crippen molar-refractivity contribution in [1.29, 1.82) is 0 Å². The van der Waals surface area contributed by atoms with Gasteiger partial charge >= 0.3 is 0 Å². The van der Waals surface area contributed by atoms with Crippen molar-refractivity contribution in [3.05, 3.63) is 66.0 Å². The second-order valence-electron chi connectivity index (χ2n) is 7.89. The zero-order chi connectivity index (χ0) is 19.2. The molecule has 5 heteroatoms. The van der Waals surface area contributed by atoms with E-state index in [9.17, 15) is 4.79 Å². The Labute approximate surface area is 167 Å². The largest absolute Gasteiger partial charge is 0.339 e. The number of nitrogens with one attached hydrogen (secondary N) is 1. The zero-order valence-electron chi connectivity index (χ0n) is 16.5. The minimum Gasteiger partial charge on any atom is -0.339 e. The van der Waals surface area contributed by atoms with E-state index in [4.69, 9.17) is 0 Å². The highest BCUT2D eigenvalue weighted by Crippen LogP contribution is 2.27. The van der Waals surface area contributed by atoms with Crippen LogP contribution in [0.25, 0.3) is 0 Å². The standard InChI is InChI=1S/C23H30N4O/c28-23(22-11-10-21(25-22)20-9-4-12-24-18-20)27-16-14-26(15-17-27)13-5-8-19-6-2-1-3-7-19/h1-4,6-7,9,12,18,21-22,25H,5,8,10-11,13-17H2/t21-,22+/m1/s1. The summed E-state index contributed by atoms with van der Waals surface area (Å²) >= 11 is 0. The van der Waals surface area contributed by atoms with Crippen molar-refractivity contribution in [3.8, 4) is 0 Å². The van der Waals surface area contributed by atoms with E-state index in [0.29, 0.717) is 0 Å². The van der Waals surface area contributed by atoms with Crippen LogP contribution in [0.2, 0.25) is 0 Å². The van der Waals surface area contributed by atoms with Crippen molar-refractivity contribution in [3.63, 3.8) is 0 Å². The predicted molar refractivity (Wildman–Crippen MR) is 111 cm³/mol. The van der Waals surface area contributed by atoms with Crippen LogP contribution in [0, 0.1) is 0 Å². The Morgan fingerprint density at radius 1 is 1.04 bits per heavy atom. The van der Waals surface area contributed by atoms with Gasteiger partial charge in [-0.2, -0.15) is 0 Å². The summed E-state index contributed by atoms with van der Waals surface area (Å²) in [5, 5.41) is 3.52. The predicted octanol–water partition coefficient (Wildman–Crippen LogP) is 2.65. The van der Waals surface area contributed by atoms with Gasteiger partial charge in [0.25, 0.3) is 0 Å². The lowest BCUT2D eigenvalue weighted by atomic mass is 10.1. The molecule has 0 radical (unpaired) electrons. The Bertz CT molecular complexity index is 744. The van der Waals surface area contributed by atoms with E-state index in [1.54, 1.807) is 6.20 Å². The van der Waals surface area contributed by atoms with Crippen LogP contribution in [0.15, 0.2) is 54.9 Å². The van der Waals surface area contributed by atoms with Crippen molar-refractivity contribution >= 4 is 5.91 Å². The topological polar surface area (TPSA) is 48.5 Å². The number of aromatic nitrogens is 1. The molecule has 3 heterocycles. The lowest BCUT2D eigenvalue weighted by molar-refractivity contribution is -0.134. The molecule has 5 nitrogen and oxygen atoms in total. The summed E-state index contributed by atoms with van der Waals surface area (Å²) in [4.78, 5) is 21.7. The molecule has 2 aromatic rings. The molecule has 148 valence electrons. The summed E-state index contributed by atoms with van der Waals surface area (Å²) in [5.74, 6) is 0.273. The summed E-state index contributed by atoms with van der Waals surface area (Å²) < 4.78 is 0. The highest BCUT2D eigenvalue weighted by Gasteiger charge is 2.33. The van der Waals surface area contributed by atoms with E-state index in [0.717, 1.165) is 52.0 Å². The fraction of sp³-hybridized carbons (Fsp3) is 0.478. The number of aryl methyl sites for hydroxylation is 1. The van der Waals surface area contributed by atoms with E-state index in [2.05, 4.69) is 56.5 Å². The molecule has 0 bridgehead atoms. The number of carbonyl (C=O) groups excluding carboxylic acids is 1. The highest BCUT2D eigenvalue weighted by molar-refractivity contribution is 5.82. The van der Waals surface area contributed by atoms with E-state index < -0.39 is 0 Å². The first kappa shape index (κ1) is 19.1. The molecule has 2 aliphatic heterocycles. The van der Waals surface area contributed by atoms with E-state index in [-0.39, 0.29) is 18.0 Å². The van der Waals surface area contributed by atoms with Gasteiger partial charge in [-0.05, 0) is 49.4 Å². The van der Waals surface area contributed by atoms with Crippen LogP contribution in [0.4, 0.5) is 0 Å². The average molecular weight is 379 g/mol. The fourth-order valence-electron chi connectivity index (χ4n) is 4.35. The van der Waals surface area contributed by atoms with Gasteiger partial charge in [-0.15, -0.1) is 0 Å². The monoisotopic (exact) mass is 378 g/mol. The van der Waals surface area contributed by atoms with Crippen LogP contribution in [0.5, 0.6) is 0 Å². The van der Waals surface area contributed by atoms with Gasteiger partial charge < -0.3 is 4.90 Å². The molecule has 28 heavy (non-hydrogen) atoms. The number of amides is 1. The number of hydrogen-bond acceptors (Lipinski definition) is 4. The number of carbonyl (C=O) groups is 1.